The van der Waals surface area contributed by atoms with Crippen LogP contribution in [0.25, 0.3) is 0 Å². The molecular weight excluding hydrogens is 254 g/mol. The lowest BCUT2D eigenvalue weighted by Gasteiger charge is -2.37. The van der Waals surface area contributed by atoms with Gasteiger partial charge in [0.2, 0.25) is 11.8 Å². The Bertz CT molecular complexity index is 411. The van der Waals surface area contributed by atoms with Crippen molar-refractivity contribution in [3.8, 4) is 0 Å². The normalized spacial score (nSPS) is 45.0. The summed E-state index contributed by atoms with van der Waals surface area (Å²) in [4.78, 5) is 26.2. The molecule has 2 saturated carbocycles. The van der Waals surface area contributed by atoms with Crippen LogP contribution < -0.4 is 0 Å². The predicted molar refractivity (Wildman–Crippen MR) is 74.7 cm³/mol. The first-order valence-corrected chi connectivity index (χ1v) is 7.97. The first kappa shape index (κ1) is 14.1. The number of carbonyl (C=O) groups excluding carboxylic acids is 2. The molecule has 4 unspecified atom stereocenters. The van der Waals surface area contributed by atoms with Gasteiger partial charge in [0, 0.05) is 0 Å². The molecule has 0 bridgehead atoms. The molecule has 0 radical (unpaired) electrons. The summed E-state index contributed by atoms with van der Waals surface area (Å²) in [6, 6.07) is 0. The molecule has 0 aromatic carbocycles. The average Bonchev–Trinajstić information content (AvgIpc) is 2.83. The summed E-state index contributed by atoms with van der Waals surface area (Å²) in [6.45, 7) is 4.46. The van der Waals surface area contributed by atoms with Crippen molar-refractivity contribution in [2.75, 3.05) is 6.54 Å². The second-order valence-corrected chi connectivity index (χ2v) is 7.48. The van der Waals surface area contributed by atoms with Gasteiger partial charge in [0.15, 0.2) is 0 Å². The molecular formula is C16H25NO3. The maximum atomic E-state index is 12.4. The van der Waals surface area contributed by atoms with Crippen LogP contribution in [-0.2, 0) is 9.59 Å². The van der Waals surface area contributed by atoms with Crippen molar-refractivity contribution < 1.29 is 14.7 Å². The van der Waals surface area contributed by atoms with Gasteiger partial charge in [-0.2, -0.15) is 0 Å². The van der Waals surface area contributed by atoms with Gasteiger partial charge in [0.1, 0.15) is 0 Å². The summed E-state index contributed by atoms with van der Waals surface area (Å²) in [6.07, 6.45) is 5.20. The molecule has 0 aromatic rings. The molecule has 4 atom stereocenters. The largest absolute Gasteiger partial charge is 0.388 e. The molecule has 1 aliphatic heterocycles. The van der Waals surface area contributed by atoms with E-state index in [1.807, 2.05) is 0 Å². The number of imide groups is 1. The lowest BCUT2D eigenvalue weighted by atomic mass is 9.78. The van der Waals surface area contributed by atoms with E-state index in [9.17, 15) is 14.7 Å². The Morgan fingerprint density at radius 3 is 2.30 bits per heavy atom. The summed E-state index contributed by atoms with van der Waals surface area (Å²) in [5.74, 6) is 0.662. The highest BCUT2D eigenvalue weighted by atomic mass is 16.3. The second kappa shape index (κ2) is 4.83. The molecule has 2 aliphatic carbocycles. The number of hydrogen-bond donors (Lipinski definition) is 1. The van der Waals surface area contributed by atoms with E-state index in [0.717, 1.165) is 25.7 Å². The third-order valence-corrected chi connectivity index (χ3v) is 5.48. The second-order valence-electron chi connectivity index (χ2n) is 7.48. The smallest absolute Gasteiger partial charge is 0.233 e. The Balaban J connectivity index is 1.72. The molecule has 0 aromatic heterocycles. The number of likely N-dealkylation sites (tertiary alicyclic amines) is 1. The third-order valence-electron chi connectivity index (χ3n) is 5.48. The molecule has 112 valence electrons. The van der Waals surface area contributed by atoms with Gasteiger partial charge in [-0.15, -0.1) is 0 Å². The SMILES string of the molecule is CC1CC2C(=O)N(CC3(O)CCCC(C)C3)C(=O)C2C1. The van der Waals surface area contributed by atoms with Crippen molar-refractivity contribution in [1.82, 2.24) is 4.90 Å². The zero-order chi connectivity index (χ0) is 14.5. The van der Waals surface area contributed by atoms with Crippen LogP contribution in [0.5, 0.6) is 0 Å². The molecule has 20 heavy (non-hydrogen) atoms. The van der Waals surface area contributed by atoms with E-state index in [4.69, 9.17) is 0 Å². The van der Waals surface area contributed by atoms with E-state index in [-0.39, 0.29) is 30.2 Å². The van der Waals surface area contributed by atoms with Crippen molar-refractivity contribution in [2.24, 2.45) is 23.7 Å². The Kier molecular flexibility index (Phi) is 3.39. The zero-order valence-corrected chi connectivity index (χ0v) is 12.5. The van der Waals surface area contributed by atoms with Crippen molar-refractivity contribution in [1.29, 1.82) is 0 Å². The molecule has 3 aliphatic rings. The van der Waals surface area contributed by atoms with Crippen LogP contribution in [0.15, 0.2) is 0 Å². The highest BCUT2D eigenvalue weighted by molar-refractivity contribution is 6.05. The van der Waals surface area contributed by atoms with E-state index in [1.54, 1.807) is 0 Å². The summed E-state index contributed by atoms with van der Waals surface area (Å²) in [5.41, 5.74) is -0.854. The standard InChI is InChI=1S/C16H25NO3/c1-10-4-3-5-16(20,8-10)9-17-14(18)12-6-11(2)7-13(12)15(17)19/h10-13,20H,3-9H2,1-2H3. The predicted octanol–water partition coefficient (Wildman–Crippen LogP) is 1.96. The number of carbonyl (C=O) groups is 2. The van der Waals surface area contributed by atoms with Crippen molar-refractivity contribution in [3.05, 3.63) is 0 Å². The van der Waals surface area contributed by atoms with Crippen LogP contribution in [0.4, 0.5) is 0 Å². The van der Waals surface area contributed by atoms with Gasteiger partial charge in [-0.05, 0) is 37.5 Å². The quantitative estimate of drug-likeness (QED) is 0.786. The highest BCUT2D eigenvalue weighted by Crippen LogP contribution is 2.44. The van der Waals surface area contributed by atoms with Gasteiger partial charge in [-0.25, -0.2) is 0 Å². The number of aliphatic hydroxyl groups is 1. The average molecular weight is 279 g/mol. The molecule has 0 spiro atoms. The van der Waals surface area contributed by atoms with Crippen LogP contribution in [0.2, 0.25) is 0 Å². The van der Waals surface area contributed by atoms with Gasteiger partial charge >= 0.3 is 0 Å². The number of nitrogens with zero attached hydrogens (tertiary/aromatic N) is 1. The van der Waals surface area contributed by atoms with E-state index in [1.165, 1.54) is 4.90 Å². The minimum absolute atomic E-state index is 0.0315. The van der Waals surface area contributed by atoms with Crippen LogP contribution in [0.3, 0.4) is 0 Å². The zero-order valence-electron chi connectivity index (χ0n) is 12.5. The fourth-order valence-corrected chi connectivity index (χ4v) is 4.57. The lowest BCUT2D eigenvalue weighted by Crippen LogP contribution is -2.48. The minimum atomic E-state index is -0.854. The maximum absolute atomic E-state index is 12.4. The van der Waals surface area contributed by atoms with Gasteiger partial charge in [0.25, 0.3) is 0 Å². The Morgan fingerprint density at radius 2 is 1.75 bits per heavy atom. The van der Waals surface area contributed by atoms with Crippen molar-refractivity contribution >= 4 is 11.8 Å². The highest BCUT2D eigenvalue weighted by Gasteiger charge is 2.53. The van der Waals surface area contributed by atoms with Crippen LogP contribution in [0.1, 0.15) is 52.4 Å². The fourth-order valence-electron chi connectivity index (χ4n) is 4.57. The van der Waals surface area contributed by atoms with E-state index in [0.29, 0.717) is 24.7 Å². The Morgan fingerprint density at radius 1 is 1.15 bits per heavy atom. The van der Waals surface area contributed by atoms with Crippen molar-refractivity contribution in [2.45, 2.75) is 58.0 Å². The Hall–Kier alpha value is -0.900. The van der Waals surface area contributed by atoms with Gasteiger partial charge < -0.3 is 5.11 Å². The lowest BCUT2D eigenvalue weighted by molar-refractivity contribution is -0.146. The first-order valence-electron chi connectivity index (χ1n) is 7.97. The van der Waals surface area contributed by atoms with Gasteiger partial charge in [-0.3, -0.25) is 14.5 Å². The number of amides is 2. The molecule has 4 heteroatoms. The Labute approximate surface area is 120 Å². The minimum Gasteiger partial charge on any atom is -0.388 e. The molecule has 2 amide bonds. The molecule has 4 nitrogen and oxygen atoms in total. The third kappa shape index (κ3) is 2.28. The fraction of sp³-hybridized carbons (Fsp3) is 0.875. The number of fused-ring (bicyclic) bond motifs is 1. The molecule has 3 fully saturated rings. The number of β-amino-alcohol motifs (C(OH)–C–C–N with tert-alkyl or cyclic N) is 1. The van der Waals surface area contributed by atoms with Crippen LogP contribution in [-0.4, -0.2) is 34.0 Å². The van der Waals surface area contributed by atoms with Crippen LogP contribution >= 0.6 is 0 Å². The first-order chi connectivity index (χ1) is 9.39. The summed E-state index contributed by atoms with van der Waals surface area (Å²) < 4.78 is 0. The molecule has 1 N–H and O–H groups in total. The number of rotatable bonds is 2. The van der Waals surface area contributed by atoms with Crippen molar-refractivity contribution in [3.63, 3.8) is 0 Å². The maximum Gasteiger partial charge on any atom is 0.233 e. The molecule has 3 rings (SSSR count). The summed E-state index contributed by atoms with van der Waals surface area (Å²) >= 11 is 0. The van der Waals surface area contributed by atoms with Gasteiger partial charge in [0.05, 0.1) is 24.0 Å². The molecule has 1 heterocycles. The monoisotopic (exact) mass is 279 g/mol. The van der Waals surface area contributed by atoms with Crippen LogP contribution in [0, 0.1) is 23.7 Å². The van der Waals surface area contributed by atoms with E-state index in [2.05, 4.69) is 13.8 Å². The van der Waals surface area contributed by atoms with Gasteiger partial charge in [-0.1, -0.05) is 26.7 Å². The van der Waals surface area contributed by atoms with E-state index >= 15 is 0 Å². The topological polar surface area (TPSA) is 57.6 Å². The number of hydrogen-bond acceptors (Lipinski definition) is 3. The van der Waals surface area contributed by atoms with E-state index < -0.39 is 5.60 Å². The molecule has 1 saturated heterocycles. The summed E-state index contributed by atoms with van der Waals surface area (Å²) in [7, 11) is 0. The summed E-state index contributed by atoms with van der Waals surface area (Å²) in [5, 5.41) is 10.7.